The van der Waals surface area contributed by atoms with Crippen LogP contribution < -0.4 is 10.6 Å². The topological polar surface area (TPSA) is 84.0 Å². The molecule has 0 aliphatic rings. The van der Waals surface area contributed by atoms with E-state index in [-0.39, 0.29) is 11.8 Å². The van der Waals surface area contributed by atoms with Crippen LogP contribution in [0.3, 0.4) is 0 Å². The van der Waals surface area contributed by atoms with E-state index in [4.69, 9.17) is 0 Å². The van der Waals surface area contributed by atoms with E-state index < -0.39 is 6.04 Å². The second-order valence-electron chi connectivity index (χ2n) is 7.25. The third-order valence-electron chi connectivity index (χ3n) is 4.99. The first-order chi connectivity index (χ1) is 14.5. The van der Waals surface area contributed by atoms with Gasteiger partial charge in [-0.15, -0.1) is 0 Å². The Morgan fingerprint density at radius 1 is 0.967 bits per heavy atom. The summed E-state index contributed by atoms with van der Waals surface area (Å²) in [6.07, 6.45) is 6.09. The summed E-state index contributed by atoms with van der Waals surface area (Å²) >= 11 is 0. The van der Waals surface area contributed by atoms with Gasteiger partial charge in [-0.1, -0.05) is 12.1 Å². The quantitative estimate of drug-likeness (QED) is 0.607. The van der Waals surface area contributed by atoms with E-state index in [1.165, 1.54) is 0 Å². The van der Waals surface area contributed by atoms with E-state index in [1.807, 2.05) is 56.3 Å². The molecule has 3 aromatic rings. The fourth-order valence-electron chi connectivity index (χ4n) is 3.07. The van der Waals surface area contributed by atoms with Gasteiger partial charge in [0, 0.05) is 49.2 Å². The predicted octanol–water partition coefficient (Wildman–Crippen LogP) is 2.79. The van der Waals surface area contributed by atoms with E-state index in [1.54, 1.807) is 24.7 Å². The molecular formula is C24H26N4O2. The van der Waals surface area contributed by atoms with Crippen molar-refractivity contribution in [1.82, 2.24) is 20.6 Å². The van der Waals surface area contributed by atoms with Crippen molar-refractivity contribution < 1.29 is 9.59 Å². The first-order valence-electron chi connectivity index (χ1n) is 9.97. The van der Waals surface area contributed by atoms with E-state index in [0.717, 1.165) is 22.4 Å². The third kappa shape index (κ3) is 5.98. The normalized spacial score (nSPS) is 11.5. The number of aryl methyl sites for hydroxylation is 2. The summed E-state index contributed by atoms with van der Waals surface area (Å²) in [5, 5.41) is 5.81. The second-order valence-corrected chi connectivity index (χ2v) is 7.25. The average Bonchev–Trinajstić information content (AvgIpc) is 2.76. The fourth-order valence-corrected chi connectivity index (χ4v) is 3.07. The Balaban J connectivity index is 1.68. The first-order valence-corrected chi connectivity index (χ1v) is 9.97. The molecule has 2 aromatic heterocycles. The van der Waals surface area contributed by atoms with Crippen LogP contribution in [-0.2, 0) is 17.6 Å². The summed E-state index contributed by atoms with van der Waals surface area (Å²) in [7, 11) is 0. The van der Waals surface area contributed by atoms with Gasteiger partial charge in [0.2, 0.25) is 5.91 Å². The van der Waals surface area contributed by atoms with Crippen molar-refractivity contribution in [2.75, 3.05) is 6.54 Å². The molecule has 2 amide bonds. The molecule has 154 valence electrons. The number of aromatic nitrogens is 2. The molecule has 0 fully saturated rings. The van der Waals surface area contributed by atoms with Gasteiger partial charge in [0.15, 0.2) is 0 Å². The number of benzene rings is 1. The van der Waals surface area contributed by atoms with Crippen LogP contribution in [0.2, 0.25) is 0 Å². The number of carbonyl (C=O) groups excluding carboxylic acids is 2. The highest BCUT2D eigenvalue weighted by Gasteiger charge is 2.22. The van der Waals surface area contributed by atoms with Crippen LogP contribution >= 0.6 is 0 Å². The minimum Gasteiger partial charge on any atom is -0.354 e. The molecule has 0 unspecified atom stereocenters. The van der Waals surface area contributed by atoms with Crippen molar-refractivity contribution in [1.29, 1.82) is 0 Å². The number of pyridine rings is 2. The van der Waals surface area contributed by atoms with Crippen molar-refractivity contribution in [3.63, 3.8) is 0 Å². The van der Waals surface area contributed by atoms with Crippen molar-refractivity contribution in [2.24, 2.45) is 0 Å². The highest BCUT2D eigenvalue weighted by Crippen LogP contribution is 2.11. The summed E-state index contributed by atoms with van der Waals surface area (Å²) in [5.41, 5.74) is 4.53. The Kier molecular flexibility index (Phi) is 7.27. The molecule has 0 radical (unpaired) electrons. The van der Waals surface area contributed by atoms with E-state index in [2.05, 4.69) is 20.6 Å². The lowest BCUT2D eigenvalue weighted by Gasteiger charge is -2.19. The molecule has 6 heteroatoms. The highest BCUT2D eigenvalue weighted by molar-refractivity contribution is 5.97. The van der Waals surface area contributed by atoms with Crippen LogP contribution in [0, 0.1) is 13.8 Å². The monoisotopic (exact) mass is 402 g/mol. The summed E-state index contributed by atoms with van der Waals surface area (Å²) in [4.78, 5) is 33.9. The molecule has 0 spiro atoms. The maximum atomic E-state index is 12.9. The number of hydrogen-bond acceptors (Lipinski definition) is 4. The van der Waals surface area contributed by atoms with Crippen LogP contribution in [0.15, 0.2) is 67.1 Å². The summed E-state index contributed by atoms with van der Waals surface area (Å²) in [5.74, 6) is -0.489. The molecule has 6 nitrogen and oxygen atoms in total. The SMILES string of the molecule is Cc1ccc(C(=O)N[C@H](Cc2ccncc2)C(=O)NCCc2ccccn2)cc1C. The molecule has 1 aromatic carbocycles. The number of hydrogen-bond donors (Lipinski definition) is 2. The average molecular weight is 402 g/mol. The molecule has 0 aliphatic heterocycles. The molecule has 2 heterocycles. The van der Waals surface area contributed by atoms with Crippen molar-refractivity contribution in [3.8, 4) is 0 Å². The van der Waals surface area contributed by atoms with Crippen LogP contribution in [0.4, 0.5) is 0 Å². The molecule has 0 aliphatic carbocycles. The van der Waals surface area contributed by atoms with Gasteiger partial charge in [0.25, 0.3) is 5.91 Å². The van der Waals surface area contributed by atoms with Crippen LogP contribution in [-0.4, -0.2) is 34.4 Å². The lowest BCUT2D eigenvalue weighted by atomic mass is 10.0. The Hall–Kier alpha value is -3.54. The zero-order valence-electron chi connectivity index (χ0n) is 17.3. The molecule has 0 saturated carbocycles. The predicted molar refractivity (Wildman–Crippen MR) is 116 cm³/mol. The van der Waals surface area contributed by atoms with Gasteiger partial charge in [0.05, 0.1) is 0 Å². The molecule has 2 N–H and O–H groups in total. The largest absolute Gasteiger partial charge is 0.354 e. The number of amides is 2. The maximum Gasteiger partial charge on any atom is 0.251 e. The minimum absolute atomic E-state index is 0.222. The molecule has 1 atom stereocenters. The number of nitrogens with zero attached hydrogens (tertiary/aromatic N) is 2. The van der Waals surface area contributed by atoms with Gasteiger partial charge in [-0.3, -0.25) is 19.6 Å². The fraction of sp³-hybridized carbons (Fsp3) is 0.250. The van der Waals surface area contributed by atoms with Crippen molar-refractivity contribution in [2.45, 2.75) is 32.7 Å². The third-order valence-corrected chi connectivity index (χ3v) is 4.99. The van der Waals surface area contributed by atoms with Gasteiger partial charge >= 0.3 is 0 Å². The van der Waals surface area contributed by atoms with E-state index in [0.29, 0.717) is 24.9 Å². The summed E-state index contributed by atoms with van der Waals surface area (Å²) < 4.78 is 0. The summed E-state index contributed by atoms with van der Waals surface area (Å²) in [6, 6.07) is 14.2. The Labute approximate surface area is 176 Å². The zero-order chi connectivity index (χ0) is 21.3. The molecule has 3 rings (SSSR count). The van der Waals surface area contributed by atoms with E-state index >= 15 is 0 Å². The van der Waals surface area contributed by atoms with Gasteiger partial charge in [0.1, 0.15) is 6.04 Å². The highest BCUT2D eigenvalue weighted by atomic mass is 16.2. The smallest absolute Gasteiger partial charge is 0.251 e. The van der Waals surface area contributed by atoms with Gasteiger partial charge in [-0.25, -0.2) is 0 Å². The molecular weight excluding hydrogens is 376 g/mol. The zero-order valence-corrected chi connectivity index (χ0v) is 17.3. The second kappa shape index (κ2) is 10.3. The lowest BCUT2D eigenvalue weighted by Crippen LogP contribution is -2.48. The van der Waals surface area contributed by atoms with E-state index in [9.17, 15) is 9.59 Å². The molecule has 0 bridgehead atoms. The molecule has 30 heavy (non-hydrogen) atoms. The number of nitrogens with one attached hydrogen (secondary N) is 2. The molecule has 0 saturated heterocycles. The van der Waals surface area contributed by atoms with Crippen LogP contribution in [0.25, 0.3) is 0 Å². The standard InChI is InChI=1S/C24H26N4O2/c1-17-6-7-20(15-18(17)2)23(29)28-22(16-19-8-12-25-13-9-19)24(30)27-14-10-21-5-3-4-11-26-21/h3-9,11-13,15,22H,10,14,16H2,1-2H3,(H,27,30)(H,28,29)/t22-/m1/s1. The Morgan fingerprint density at radius 2 is 1.77 bits per heavy atom. The Bertz CT molecular complexity index is 991. The first kappa shape index (κ1) is 21.2. The Morgan fingerprint density at radius 3 is 2.47 bits per heavy atom. The number of carbonyl (C=O) groups is 2. The van der Waals surface area contributed by atoms with Crippen LogP contribution in [0.1, 0.15) is 32.7 Å². The van der Waals surface area contributed by atoms with Gasteiger partial charge < -0.3 is 10.6 Å². The number of rotatable bonds is 8. The van der Waals surface area contributed by atoms with Crippen LogP contribution in [0.5, 0.6) is 0 Å². The van der Waals surface area contributed by atoms with Gasteiger partial charge in [-0.05, 0) is 66.9 Å². The summed E-state index contributed by atoms with van der Waals surface area (Å²) in [6.45, 7) is 4.41. The van der Waals surface area contributed by atoms with Crippen molar-refractivity contribution in [3.05, 3.63) is 95.1 Å². The van der Waals surface area contributed by atoms with Gasteiger partial charge in [-0.2, -0.15) is 0 Å². The lowest BCUT2D eigenvalue weighted by molar-refractivity contribution is -0.122. The maximum absolute atomic E-state index is 12.9. The van der Waals surface area contributed by atoms with Crippen molar-refractivity contribution >= 4 is 11.8 Å². The minimum atomic E-state index is -0.690.